The van der Waals surface area contributed by atoms with Gasteiger partial charge in [0.2, 0.25) is 0 Å². The van der Waals surface area contributed by atoms with Gasteiger partial charge in [-0.25, -0.2) is 4.79 Å². The number of esters is 1. The number of carbonyl (C=O) groups excluding carboxylic acids is 2. The molecule has 0 bridgehead atoms. The number of nitrogens with zero attached hydrogens (tertiary/aromatic N) is 1. The summed E-state index contributed by atoms with van der Waals surface area (Å²) in [5, 5.41) is 11.5. The Morgan fingerprint density at radius 2 is 1.87 bits per heavy atom. The number of nitrogens with one attached hydrogen (secondary N) is 1. The van der Waals surface area contributed by atoms with E-state index in [1.54, 1.807) is 30.3 Å². The summed E-state index contributed by atoms with van der Waals surface area (Å²) < 4.78 is 44.4. The maximum atomic E-state index is 13.0. The lowest BCUT2D eigenvalue weighted by Gasteiger charge is -2.07. The number of methoxy groups -OCH3 is 1. The summed E-state index contributed by atoms with van der Waals surface area (Å²) in [5.41, 5.74) is 0.384. The van der Waals surface area contributed by atoms with Crippen LogP contribution in [0.3, 0.4) is 0 Å². The molecule has 2 aromatic rings. The van der Waals surface area contributed by atoms with Crippen LogP contribution in [0, 0.1) is 11.3 Å². The normalized spacial score (nSPS) is 13.9. The lowest BCUT2D eigenvalue weighted by Crippen LogP contribution is -2.25. The third-order valence-corrected chi connectivity index (χ3v) is 3.79. The molecular formula is C20H14F2N2O6. The molecule has 1 heterocycles. The Morgan fingerprint density at radius 3 is 2.53 bits per heavy atom. The molecule has 0 saturated carbocycles. The van der Waals surface area contributed by atoms with Crippen molar-refractivity contribution in [1.29, 1.82) is 5.26 Å². The van der Waals surface area contributed by atoms with E-state index in [2.05, 4.69) is 14.8 Å². The van der Waals surface area contributed by atoms with Gasteiger partial charge in [-0.3, -0.25) is 4.79 Å². The zero-order chi connectivity index (χ0) is 21.7. The van der Waals surface area contributed by atoms with Crippen molar-refractivity contribution in [3.63, 3.8) is 0 Å². The third-order valence-electron chi connectivity index (χ3n) is 3.79. The van der Waals surface area contributed by atoms with Crippen LogP contribution < -0.4 is 19.5 Å². The summed E-state index contributed by atoms with van der Waals surface area (Å²) in [5.74, 6) is -1.54. The number of anilines is 1. The molecule has 2 aromatic carbocycles. The van der Waals surface area contributed by atoms with Crippen LogP contribution in [0.25, 0.3) is 6.08 Å². The highest BCUT2D eigenvalue weighted by molar-refractivity contribution is 6.00. The van der Waals surface area contributed by atoms with Crippen molar-refractivity contribution >= 4 is 23.6 Å². The van der Waals surface area contributed by atoms with Crippen molar-refractivity contribution in [3.05, 3.63) is 53.6 Å². The first-order valence-electron chi connectivity index (χ1n) is 8.42. The highest BCUT2D eigenvalue weighted by atomic mass is 19.3. The second kappa shape index (κ2) is 8.48. The molecule has 154 valence electrons. The zero-order valence-corrected chi connectivity index (χ0v) is 15.5. The molecule has 0 saturated heterocycles. The van der Waals surface area contributed by atoms with Crippen molar-refractivity contribution in [2.24, 2.45) is 0 Å². The molecule has 1 N–H and O–H groups in total. The number of nitriles is 1. The van der Waals surface area contributed by atoms with Crippen LogP contribution in [-0.2, 0) is 14.3 Å². The Kier molecular flexibility index (Phi) is 5.83. The van der Waals surface area contributed by atoms with E-state index in [9.17, 15) is 18.4 Å². The molecular weight excluding hydrogens is 402 g/mol. The third kappa shape index (κ3) is 5.02. The number of carbonyl (C=O) groups is 2. The summed E-state index contributed by atoms with van der Waals surface area (Å²) in [4.78, 5) is 24.0. The van der Waals surface area contributed by atoms with Gasteiger partial charge in [-0.05, 0) is 35.9 Å². The molecule has 10 heteroatoms. The molecule has 1 aliphatic heterocycles. The molecule has 0 radical (unpaired) electrons. The second-order valence-corrected chi connectivity index (χ2v) is 5.90. The number of alkyl halides is 2. The van der Waals surface area contributed by atoms with Gasteiger partial charge in [0.15, 0.2) is 18.1 Å². The van der Waals surface area contributed by atoms with Crippen molar-refractivity contribution in [3.8, 4) is 23.3 Å². The van der Waals surface area contributed by atoms with Gasteiger partial charge < -0.3 is 24.3 Å². The van der Waals surface area contributed by atoms with Gasteiger partial charge in [-0.2, -0.15) is 5.26 Å². The lowest BCUT2D eigenvalue weighted by molar-refractivity contribution is -0.286. The van der Waals surface area contributed by atoms with E-state index in [1.807, 2.05) is 0 Å². The van der Waals surface area contributed by atoms with Crippen LogP contribution in [0.15, 0.2) is 48.0 Å². The van der Waals surface area contributed by atoms with Gasteiger partial charge >= 0.3 is 12.3 Å². The number of fused-ring (bicyclic) bond motifs is 1. The first-order valence-corrected chi connectivity index (χ1v) is 8.42. The number of amides is 1. The topological polar surface area (TPSA) is 107 Å². The van der Waals surface area contributed by atoms with E-state index in [-0.39, 0.29) is 22.8 Å². The van der Waals surface area contributed by atoms with E-state index in [0.29, 0.717) is 11.3 Å². The fourth-order valence-corrected chi connectivity index (χ4v) is 2.44. The number of ether oxygens (including phenoxy) is 4. The molecule has 0 atom stereocenters. The summed E-state index contributed by atoms with van der Waals surface area (Å²) >= 11 is 0. The van der Waals surface area contributed by atoms with Gasteiger partial charge in [0.05, 0.1) is 7.11 Å². The SMILES string of the molecule is COc1ccc(/C=C(\C#N)C(=O)OCC(=O)Nc2ccc3c(c2)OC(F)(F)O3)cc1. The molecule has 30 heavy (non-hydrogen) atoms. The fraction of sp³-hybridized carbons (Fsp3) is 0.150. The maximum Gasteiger partial charge on any atom is 0.586 e. The van der Waals surface area contributed by atoms with Crippen LogP contribution in [-0.4, -0.2) is 31.9 Å². The van der Waals surface area contributed by atoms with Gasteiger partial charge in [0.1, 0.15) is 17.4 Å². The standard InChI is InChI=1S/C20H14F2N2O6/c1-27-15-5-2-12(3-6-15)8-13(10-23)19(26)28-11-18(25)24-14-4-7-16-17(9-14)30-20(21,22)29-16/h2-9H,11H2,1H3,(H,24,25)/b13-8+. The van der Waals surface area contributed by atoms with Gasteiger partial charge in [-0.15, -0.1) is 8.78 Å². The van der Waals surface area contributed by atoms with Gasteiger partial charge in [-0.1, -0.05) is 12.1 Å². The van der Waals surface area contributed by atoms with Gasteiger partial charge in [0.25, 0.3) is 5.91 Å². The number of halogens is 2. The number of hydrogen-bond acceptors (Lipinski definition) is 7. The average molecular weight is 416 g/mol. The molecule has 0 fully saturated rings. The van der Waals surface area contributed by atoms with E-state index in [4.69, 9.17) is 14.7 Å². The molecule has 1 aliphatic rings. The van der Waals surface area contributed by atoms with E-state index >= 15 is 0 Å². The van der Waals surface area contributed by atoms with Crippen LogP contribution in [0.5, 0.6) is 17.2 Å². The van der Waals surface area contributed by atoms with Crippen molar-refractivity contribution in [2.45, 2.75) is 6.29 Å². The minimum atomic E-state index is -3.77. The predicted molar refractivity (Wildman–Crippen MR) is 98.8 cm³/mol. The maximum absolute atomic E-state index is 13.0. The highest BCUT2D eigenvalue weighted by Crippen LogP contribution is 2.42. The van der Waals surface area contributed by atoms with E-state index in [1.165, 1.54) is 25.3 Å². The fourth-order valence-electron chi connectivity index (χ4n) is 2.44. The first kappa shape index (κ1) is 20.6. The van der Waals surface area contributed by atoms with E-state index in [0.717, 1.165) is 6.07 Å². The van der Waals surface area contributed by atoms with Crippen molar-refractivity contribution in [1.82, 2.24) is 0 Å². The van der Waals surface area contributed by atoms with Crippen LogP contribution in [0.4, 0.5) is 14.5 Å². The number of hydrogen-bond donors (Lipinski definition) is 1. The monoisotopic (exact) mass is 416 g/mol. The summed E-state index contributed by atoms with van der Waals surface area (Å²) in [6.07, 6.45) is -2.47. The zero-order valence-electron chi connectivity index (χ0n) is 15.5. The molecule has 0 unspecified atom stereocenters. The summed E-state index contributed by atoms with van der Waals surface area (Å²) in [6.45, 7) is -0.689. The van der Waals surface area contributed by atoms with Crippen LogP contribution in [0.2, 0.25) is 0 Å². The largest absolute Gasteiger partial charge is 0.586 e. The van der Waals surface area contributed by atoms with Crippen molar-refractivity contribution in [2.75, 3.05) is 19.0 Å². The number of rotatable bonds is 6. The van der Waals surface area contributed by atoms with E-state index < -0.39 is 24.8 Å². The van der Waals surface area contributed by atoms with Crippen LogP contribution >= 0.6 is 0 Å². The molecule has 0 aliphatic carbocycles. The van der Waals surface area contributed by atoms with Gasteiger partial charge in [0, 0.05) is 11.8 Å². The Bertz CT molecular complexity index is 1040. The lowest BCUT2D eigenvalue weighted by atomic mass is 10.1. The average Bonchev–Trinajstić information content (AvgIpc) is 3.03. The first-order chi connectivity index (χ1) is 14.3. The molecule has 3 rings (SSSR count). The molecule has 1 amide bonds. The Morgan fingerprint density at radius 1 is 1.17 bits per heavy atom. The van der Waals surface area contributed by atoms with Crippen molar-refractivity contribution < 1.29 is 37.3 Å². The quantitative estimate of drug-likeness (QED) is 0.438. The van der Waals surface area contributed by atoms with Crippen LogP contribution in [0.1, 0.15) is 5.56 Å². The minimum absolute atomic E-state index is 0.130. The summed E-state index contributed by atoms with van der Waals surface area (Å²) in [7, 11) is 1.51. The number of benzene rings is 2. The molecule has 0 aromatic heterocycles. The highest BCUT2D eigenvalue weighted by Gasteiger charge is 2.43. The Labute approximate surface area is 169 Å². The minimum Gasteiger partial charge on any atom is -0.497 e. The Balaban J connectivity index is 1.56. The summed E-state index contributed by atoms with van der Waals surface area (Å²) in [6, 6.07) is 11.9. The predicted octanol–water partition coefficient (Wildman–Crippen LogP) is 3.11. The smallest absolute Gasteiger partial charge is 0.497 e. The molecule has 0 spiro atoms. The molecule has 8 nitrogen and oxygen atoms in total. The Hall–Kier alpha value is -4.13. The second-order valence-electron chi connectivity index (χ2n) is 5.90.